The number of hydrogen-bond donors (Lipinski definition) is 1. The topological polar surface area (TPSA) is 60.5 Å². The lowest BCUT2D eigenvalue weighted by molar-refractivity contribution is 0.0355. The third-order valence-electron chi connectivity index (χ3n) is 3.70. The van der Waals surface area contributed by atoms with E-state index in [1.807, 2.05) is 36.6 Å². The third-order valence-corrected chi connectivity index (χ3v) is 3.70. The van der Waals surface area contributed by atoms with E-state index in [9.17, 15) is 4.79 Å². The SMILES string of the molecule is CC(C)n1cc(N)cc1C(=O)N(C)C1CCOCC1. The Kier molecular flexibility index (Phi) is 4.14. The van der Waals surface area contributed by atoms with E-state index in [1.165, 1.54) is 0 Å². The summed E-state index contributed by atoms with van der Waals surface area (Å²) in [5.74, 6) is 0.0392. The molecule has 106 valence electrons. The Morgan fingerprint density at radius 3 is 2.68 bits per heavy atom. The minimum atomic E-state index is 0.0392. The van der Waals surface area contributed by atoms with Gasteiger partial charge in [0.2, 0.25) is 0 Å². The van der Waals surface area contributed by atoms with E-state index in [1.54, 1.807) is 6.07 Å². The maximum atomic E-state index is 12.6. The average Bonchev–Trinajstić information content (AvgIpc) is 2.80. The molecule has 1 aliphatic heterocycles. The second-order valence-electron chi connectivity index (χ2n) is 5.42. The number of carbonyl (C=O) groups excluding carboxylic acids is 1. The lowest BCUT2D eigenvalue weighted by Crippen LogP contribution is -2.41. The maximum Gasteiger partial charge on any atom is 0.270 e. The van der Waals surface area contributed by atoms with Crippen molar-refractivity contribution in [2.24, 2.45) is 0 Å². The summed E-state index contributed by atoms with van der Waals surface area (Å²) in [6.07, 6.45) is 3.63. The molecule has 5 heteroatoms. The van der Waals surface area contributed by atoms with E-state index in [2.05, 4.69) is 0 Å². The molecule has 0 aliphatic carbocycles. The van der Waals surface area contributed by atoms with E-state index in [4.69, 9.17) is 10.5 Å². The van der Waals surface area contributed by atoms with Gasteiger partial charge in [0.05, 0.1) is 5.69 Å². The van der Waals surface area contributed by atoms with Crippen molar-refractivity contribution in [3.8, 4) is 0 Å². The van der Waals surface area contributed by atoms with Crippen LogP contribution in [-0.4, -0.2) is 41.7 Å². The van der Waals surface area contributed by atoms with Crippen LogP contribution in [0.25, 0.3) is 0 Å². The Labute approximate surface area is 114 Å². The van der Waals surface area contributed by atoms with Crippen LogP contribution in [0.15, 0.2) is 12.3 Å². The summed E-state index contributed by atoms with van der Waals surface area (Å²) in [5.41, 5.74) is 7.13. The van der Waals surface area contributed by atoms with Crippen molar-refractivity contribution in [1.82, 2.24) is 9.47 Å². The van der Waals surface area contributed by atoms with Crippen LogP contribution in [-0.2, 0) is 4.74 Å². The number of nitrogens with two attached hydrogens (primary N) is 1. The zero-order valence-corrected chi connectivity index (χ0v) is 11.9. The lowest BCUT2D eigenvalue weighted by atomic mass is 10.1. The standard InChI is InChI=1S/C14H23N3O2/c1-10(2)17-9-11(15)8-13(17)14(18)16(3)12-4-6-19-7-5-12/h8-10,12H,4-7,15H2,1-3H3. The van der Waals surface area contributed by atoms with Gasteiger partial charge in [0, 0.05) is 38.5 Å². The van der Waals surface area contributed by atoms with Crippen LogP contribution in [0.5, 0.6) is 0 Å². The van der Waals surface area contributed by atoms with Crippen LogP contribution in [0.2, 0.25) is 0 Å². The molecular formula is C14H23N3O2. The highest BCUT2D eigenvalue weighted by molar-refractivity contribution is 5.94. The molecule has 1 aromatic rings. The monoisotopic (exact) mass is 265 g/mol. The summed E-state index contributed by atoms with van der Waals surface area (Å²) in [7, 11) is 1.87. The summed E-state index contributed by atoms with van der Waals surface area (Å²) >= 11 is 0. The molecule has 0 spiro atoms. The summed E-state index contributed by atoms with van der Waals surface area (Å²) in [6.45, 7) is 5.56. The fraction of sp³-hybridized carbons (Fsp3) is 0.643. The number of carbonyl (C=O) groups is 1. The van der Waals surface area contributed by atoms with Crippen LogP contribution in [0, 0.1) is 0 Å². The fourth-order valence-electron chi connectivity index (χ4n) is 2.52. The molecular weight excluding hydrogens is 242 g/mol. The van der Waals surface area contributed by atoms with Crippen molar-refractivity contribution in [2.45, 2.75) is 38.8 Å². The predicted octanol–water partition coefficient (Wildman–Crippen LogP) is 1.90. The lowest BCUT2D eigenvalue weighted by Gasteiger charge is -2.31. The minimum absolute atomic E-state index is 0.0392. The Morgan fingerprint density at radius 2 is 2.11 bits per heavy atom. The van der Waals surface area contributed by atoms with Gasteiger partial charge in [-0.25, -0.2) is 0 Å². The highest BCUT2D eigenvalue weighted by Gasteiger charge is 2.25. The first-order valence-electron chi connectivity index (χ1n) is 6.83. The first kappa shape index (κ1) is 13.9. The second kappa shape index (κ2) is 5.65. The van der Waals surface area contributed by atoms with Crippen molar-refractivity contribution >= 4 is 11.6 Å². The van der Waals surface area contributed by atoms with Crippen molar-refractivity contribution in [3.63, 3.8) is 0 Å². The second-order valence-corrected chi connectivity index (χ2v) is 5.42. The van der Waals surface area contributed by atoms with Crippen LogP contribution >= 0.6 is 0 Å². The van der Waals surface area contributed by atoms with Gasteiger partial charge in [0.1, 0.15) is 5.69 Å². The molecule has 1 aromatic heterocycles. The molecule has 1 saturated heterocycles. The molecule has 0 radical (unpaired) electrons. The molecule has 19 heavy (non-hydrogen) atoms. The number of ether oxygens (including phenoxy) is 1. The number of rotatable bonds is 3. The smallest absolute Gasteiger partial charge is 0.270 e. The van der Waals surface area contributed by atoms with Gasteiger partial charge in [-0.3, -0.25) is 4.79 Å². The molecule has 1 fully saturated rings. The number of aromatic nitrogens is 1. The van der Waals surface area contributed by atoms with Gasteiger partial charge in [0.15, 0.2) is 0 Å². The van der Waals surface area contributed by atoms with Gasteiger partial charge in [-0.15, -0.1) is 0 Å². The van der Waals surface area contributed by atoms with E-state index >= 15 is 0 Å². The van der Waals surface area contributed by atoms with E-state index in [0.717, 1.165) is 26.1 Å². The third kappa shape index (κ3) is 2.92. The molecule has 1 aliphatic rings. The molecule has 0 saturated carbocycles. The van der Waals surface area contributed by atoms with E-state index in [-0.39, 0.29) is 18.0 Å². The molecule has 2 N–H and O–H groups in total. The quantitative estimate of drug-likeness (QED) is 0.908. The number of nitrogens with zero attached hydrogens (tertiary/aromatic N) is 2. The zero-order valence-electron chi connectivity index (χ0n) is 11.9. The summed E-state index contributed by atoms with van der Waals surface area (Å²) in [6, 6.07) is 2.25. The van der Waals surface area contributed by atoms with Crippen LogP contribution in [0.1, 0.15) is 43.2 Å². The van der Waals surface area contributed by atoms with E-state index < -0.39 is 0 Å². The molecule has 2 heterocycles. The molecule has 0 aromatic carbocycles. The Hall–Kier alpha value is -1.49. The highest BCUT2D eigenvalue weighted by Crippen LogP contribution is 2.21. The van der Waals surface area contributed by atoms with Gasteiger partial charge in [-0.2, -0.15) is 0 Å². The highest BCUT2D eigenvalue weighted by atomic mass is 16.5. The molecule has 0 atom stereocenters. The summed E-state index contributed by atoms with van der Waals surface area (Å²) < 4.78 is 7.28. The maximum absolute atomic E-state index is 12.6. The number of nitrogen functional groups attached to an aromatic ring is 1. The molecule has 0 unspecified atom stereocenters. The number of amides is 1. The molecule has 5 nitrogen and oxygen atoms in total. The normalized spacial score (nSPS) is 16.8. The van der Waals surface area contributed by atoms with Crippen molar-refractivity contribution < 1.29 is 9.53 Å². The number of hydrogen-bond acceptors (Lipinski definition) is 3. The molecule has 2 rings (SSSR count). The predicted molar refractivity (Wildman–Crippen MR) is 75.2 cm³/mol. The Bertz CT molecular complexity index is 448. The molecule has 0 bridgehead atoms. The minimum Gasteiger partial charge on any atom is -0.397 e. The molecule has 1 amide bonds. The van der Waals surface area contributed by atoms with Crippen LogP contribution in [0.4, 0.5) is 5.69 Å². The summed E-state index contributed by atoms with van der Waals surface area (Å²) in [5, 5.41) is 0. The fourth-order valence-corrected chi connectivity index (χ4v) is 2.52. The van der Waals surface area contributed by atoms with Gasteiger partial charge in [0.25, 0.3) is 5.91 Å². The van der Waals surface area contributed by atoms with Crippen molar-refractivity contribution in [2.75, 3.05) is 26.0 Å². The van der Waals surface area contributed by atoms with Gasteiger partial charge in [-0.1, -0.05) is 0 Å². The van der Waals surface area contributed by atoms with Gasteiger partial charge < -0.3 is 19.9 Å². The zero-order chi connectivity index (χ0) is 14.0. The first-order valence-corrected chi connectivity index (χ1v) is 6.83. The van der Waals surface area contributed by atoms with E-state index in [0.29, 0.717) is 11.4 Å². The summed E-state index contributed by atoms with van der Waals surface area (Å²) in [4.78, 5) is 14.4. The van der Waals surface area contributed by atoms with Gasteiger partial charge in [-0.05, 0) is 32.8 Å². The Balaban J connectivity index is 2.18. The van der Waals surface area contributed by atoms with Crippen molar-refractivity contribution in [1.29, 1.82) is 0 Å². The number of anilines is 1. The average molecular weight is 265 g/mol. The Morgan fingerprint density at radius 1 is 1.47 bits per heavy atom. The van der Waals surface area contributed by atoms with Crippen LogP contribution in [0.3, 0.4) is 0 Å². The van der Waals surface area contributed by atoms with Crippen LogP contribution < -0.4 is 5.73 Å². The largest absolute Gasteiger partial charge is 0.397 e. The van der Waals surface area contributed by atoms with Gasteiger partial charge >= 0.3 is 0 Å². The first-order chi connectivity index (χ1) is 9.00. The van der Waals surface area contributed by atoms with Crippen molar-refractivity contribution in [3.05, 3.63) is 18.0 Å².